The van der Waals surface area contributed by atoms with Crippen molar-refractivity contribution in [3.05, 3.63) is 29.1 Å². The van der Waals surface area contributed by atoms with Crippen LogP contribution >= 0.6 is 0 Å². The van der Waals surface area contributed by atoms with Gasteiger partial charge in [0.25, 0.3) is 0 Å². The molecule has 1 atom stereocenters. The van der Waals surface area contributed by atoms with E-state index in [1.165, 1.54) is 0 Å². The molecule has 0 aliphatic rings. The van der Waals surface area contributed by atoms with Gasteiger partial charge in [0, 0.05) is 0 Å². The Morgan fingerprint density at radius 3 is 1.38 bits per heavy atom. The lowest BCUT2D eigenvalue weighted by molar-refractivity contribution is 0.242. The lowest BCUT2D eigenvalue weighted by atomic mass is 10.3. The predicted molar refractivity (Wildman–Crippen MR) is 38.6 cm³/mol. The van der Waals surface area contributed by atoms with E-state index in [1.807, 2.05) is 0 Å². The van der Waals surface area contributed by atoms with E-state index in [0.29, 0.717) is 0 Å². The zero-order chi connectivity index (χ0) is 12.6. The van der Waals surface area contributed by atoms with Gasteiger partial charge in [-0.05, 0) is 0 Å². The van der Waals surface area contributed by atoms with E-state index in [2.05, 4.69) is 0 Å². The van der Waals surface area contributed by atoms with E-state index < -0.39 is 50.5 Å². The van der Waals surface area contributed by atoms with Gasteiger partial charge in [-0.15, -0.1) is 0 Å². The summed E-state index contributed by atoms with van der Waals surface area (Å²) in [6, 6.07) is 0. The number of rotatable bonds is 2. The van der Waals surface area contributed by atoms with Crippen molar-refractivity contribution in [1.29, 1.82) is 0 Å². The average molecular weight is 266 g/mol. The number of benzene rings is 1. The van der Waals surface area contributed by atoms with E-state index in [0.717, 1.165) is 0 Å². The Morgan fingerprint density at radius 2 is 1.06 bits per heavy atom. The molecule has 90 valence electrons. The Hall–Kier alpha value is -1.12. The molecule has 0 fully saturated rings. The number of halogens is 7. The highest BCUT2D eigenvalue weighted by molar-refractivity contribution is 7.85. The molecule has 0 aromatic heterocycles. The summed E-state index contributed by atoms with van der Waals surface area (Å²) in [5.74, 6) is -16.1. The third-order valence-corrected chi connectivity index (χ3v) is 2.62. The Balaban J connectivity index is 3.58. The van der Waals surface area contributed by atoms with Crippen LogP contribution in [-0.2, 0) is 10.8 Å². The minimum absolute atomic E-state index is 2.02. The quantitative estimate of drug-likeness (QED) is 0.457. The van der Waals surface area contributed by atoms with Crippen molar-refractivity contribution in [2.24, 2.45) is 0 Å². The van der Waals surface area contributed by atoms with Crippen LogP contribution in [0, 0.1) is 29.1 Å². The molecule has 16 heavy (non-hydrogen) atoms. The second-order valence-electron chi connectivity index (χ2n) is 2.46. The largest absolute Gasteiger partial charge is 0.316 e. The molecular weight excluding hydrogens is 265 g/mol. The maximum atomic E-state index is 12.8. The molecule has 1 aromatic rings. The Labute approximate surface area is 86.3 Å². The van der Waals surface area contributed by atoms with Crippen LogP contribution in [0.3, 0.4) is 0 Å². The molecule has 0 bridgehead atoms. The topological polar surface area (TPSA) is 17.1 Å². The van der Waals surface area contributed by atoms with Gasteiger partial charge in [0.1, 0.15) is 15.7 Å². The summed E-state index contributed by atoms with van der Waals surface area (Å²) < 4.78 is 97.3. The maximum Gasteiger partial charge on any atom is 0.316 e. The minimum Gasteiger partial charge on any atom is -0.248 e. The summed E-state index contributed by atoms with van der Waals surface area (Å²) in [5.41, 5.74) is 0. The van der Waals surface area contributed by atoms with Crippen LogP contribution in [0.15, 0.2) is 4.90 Å². The number of hydrogen-bond donors (Lipinski definition) is 0. The zero-order valence-electron chi connectivity index (χ0n) is 7.04. The van der Waals surface area contributed by atoms with Gasteiger partial charge in [-0.25, -0.2) is 26.2 Å². The van der Waals surface area contributed by atoms with Gasteiger partial charge >= 0.3 is 5.76 Å². The average Bonchev–Trinajstić information content (AvgIpc) is 2.23. The Kier molecular flexibility index (Phi) is 3.56. The highest BCUT2D eigenvalue weighted by Crippen LogP contribution is 2.27. The molecule has 0 heterocycles. The standard InChI is InChI=1S/C7HF7OS/c8-1-2(9)4(11)6(5(12)3(1)10)16(15)7(13)14/h7H. The van der Waals surface area contributed by atoms with Crippen LogP contribution in [0.4, 0.5) is 30.7 Å². The molecule has 1 unspecified atom stereocenters. The summed E-state index contributed by atoms with van der Waals surface area (Å²) in [6.07, 6.45) is 0. The van der Waals surface area contributed by atoms with Crippen LogP contribution in [0.1, 0.15) is 0 Å². The monoisotopic (exact) mass is 266 g/mol. The van der Waals surface area contributed by atoms with Crippen LogP contribution in [-0.4, -0.2) is 9.97 Å². The first kappa shape index (κ1) is 12.9. The highest BCUT2D eigenvalue weighted by Gasteiger charge is 2.32. The SMILES string of the molecule is O=S(c1c(F)c(F)c(F)c(F)c1F)C(F)F. The number of hydrogen-bond acceptors (Lipinski definition) is 1. The zero-order valence-corrected chi connectivity index (χ0v) is 7.86. The summed E-state index contributed by atoms with van der Waals surface area (Å²) in [4.78, 5) is -2.02. The van der Waals surface area contributed by atoms with Gasteiger partial charge in [0.2, 0.25) is 5.82 Å². The molecule has 0 saturated carbocycles. The summed E-state index contributed by atoms with van der Waals surface area (Å²) in [7, 11) is -3.62. The molecule has 0 amide bonds. The van der Waals surface area contributed by atoms with Gasteiger partial charge in [0.15, 0.2) is 23.3 Å². The van der Waals surface area contributed by atoms with Crippen molar-refractivity contribution in [1.82, 2.24) is 0 Å². The van der Waals surface area contributed by atoms with Gasteiger partial charge in [0.05, 0.1) is 0 Å². The Bertz CT molecular complexity index is 430. The van der Waals surface area contributed by atoms with E-state index in [9.17, 15) is 34.9 Å². The van der Waals surface area contributed by atoms with E-state index in [1.54, 1.807) is 0 Å². The Morgan fingerprint density at radius 1 is 0.750 bits per heavy atom. The van der Waals surface area contributed by atoms with Crippen molar-refractivity contribution in [3.8, 4) is 0 Å². The molecule has 1 nitrogen and oxygen atoms in total. The molecular formula is C7HF7OS. The first-order valence-electron chi connectivity index (χ1n) is 3.49. The summed E-state index contributed by atoms with van der Waals surface area (Å²) in [6.45, 7) is 0. The van der Waals surface area contributed by atoms with Crippen molar-refractivity contribution in [2.45, 2.75) is 10.7 Å². The van der Waals surface area contributed by atoms with E-state index in [-0.39, 0.29) is 0 Å². The minimum atomic E-state index is -3.76. The van der Waals surface area contributed by atoms with Crippen molar-refractivity contribution >= 4 is 10.8 Å². The van der Waals surface area contributed by atoms with Crippen molar-refractivity contribution in [2.75, 3.05) is 0 Å². The molecule has 0 radical (unpaired) electrons. The van der Waals surface area contributed by atoms with Crippen LogP contribution in [0.2, 0.25) is 0 Å². The fraction of sp³-hybridized carbons (Fsp3) is 0.143. The lowest BCUT2D eigenvalue weighted by Crippen LogP contribution is -2.12. The predicted octanol–water partition coefficient (Wildman–Crippen LogP) is 2.71. The fourth-order valence-corrected chi connectivity index (χ4v) is 1.56. The molecule has 0 N–H and O–H groups in total. The van der Waals surface area contributed by atoms with Gasteiger partial charge in [-0.3, -0.25) is 0 Å². The third kappa shape index (κ3) is 1.91. The molecule has 1 aromatic carbocycles. The summed E-state index contributed by atoms with van der Waals surface area (Å²) >= 11 is 0. The van der Waals surface area contributed by atoms with Gasteiger partial charge < -0.3 is 0 Å². The molecule has 0 aliphatic carbocycles. The van der Waals surface area contributed by atoms with E-state index >= 15 is 0 Å². The van der Waals surface area contributed by atoms with Crippen LogP contribution < -0.4 is 0 Å². The highest BCUT2D eigenvalue weighted by atomic mass is 32.2. The van der Waals surface area contributed by atoms with Crippen LogP contribution in [0.25, 0.3) is 0 Å². The molecule has 1 rings (SSSR count). The normalized spacial score (nSPS) is 13.2. The first-order chi connectivity index (χ1) is 7.29. The second-order valence-corrected chi connectivity index (χ2v) is 3.82. The second kappa shape index (κ2) is 4.40. The van der Waals surface area contributed by atoms with Gasteiger partial charge in [-0.1, -0.05) is 0 Å². The molecule has 9 heteroatoms. The summed E-state index contributed by atoms with van der Waals surface area (Å²) in [5, 5.41) is 0. The molecule has 0 spiro atoms. The fourth-order valence-electron chi connectivity index (χ4n) is 0.850. The molecule has 0 saturated heterocycles. The smallest absolute Gasteiger partial charge is 0.248 e. The van der Waals surface area contributed by atoms with Crippen LogP contribution in [0.5, 0.6) is 0 Å². The van der Waals surface area contributed by atoms with Crippen molar-refractivity contribution in [3.63, 3.8) is 0 Å². The number of alkyl halides is 2. The first-order valence-corrected chi connectivity index (χ1v) is 4.70. The van der Waals surface area contributed by atoms with Gasteiger partial charge in [-0.2, -0.15) is 8.78 Å². The maximum absolute atomic E-state index is 12.8. The van der Waals surface area contributed by atoms with Crippen molar-refractivity contribution < 1.29 is 34.9 Å². The molecule has 0 aliphatic heterocycles. The lowest BCUT2D eigenvalue weighted by Gasteiger charge is -2.06. The third-order valence-electron chi connectivity index (χ3n) is 1.53. The van der Waals surface area contributed by atoms with E-state index in [4.69, 9.17) is 0 Å².